The number of carbonyl (C=O) groups excluding carboxylic acids is 1. The van der Waals surface area contributed by atoms with Crippen LogP contribution in [0.25, 0.3) is 5.69 Å². The molecule has 0 aliphatic heterocycles. The molecule has 1 amide bonds. The van der Waals surface area contributed by atoms with Crippen molar-refractivity contribution in [3.05, 3.63) is 30.1 Å². The topological polar surface area (TPSA) is 73.1 Å². The van der Waals surface area contributed by atoms with Crippen molar-refractivity contribution in [2.24, 2.45) is 0 Å². The number of carbonyl (C=O) groups is 1. The summed E-state index contributed by atoms with van der Waals surface area (Å²) in [6.07, 6.45) is 5.05. The van der Waals surface area contributed by atoms with Crippen LogP contribution in [0.15, 0.2) is 24.3 Å². The number of rotatable bonds is 4. The normalized spacial score (nSPS) is 16.6. The van der Waals surface area contributed by atoms with Crippen LogP contribution in [0.5, 0.6) is 5.75 Å². The van der Waals surface area contributed by atoms with E-state index in [1.807, 2.05) is 31.3 Å². The van der Waals surface area contributed by atoms with Gasteiger partial charge in [-0.2, -0.15) is 4.68 Å². The molecular formula is C17H23N5O2. The summed E-state index contributed by atoms with van der Waals surface area (Å²) in [6, 6.07) is 7.60. The Hall–Kier alpha value is -2.44. The van der Waals surface area contributed by atoms with Crippen LogP contribution >= 0.6 is 0 Å². The first kappa shape index (κ1) is 16.4. The fourth-order valence-corrected chi connectivity index (χ4v) is 3.52. The molecule has 128 valence electrons. The number of hydrogen-bond donors (Lipinski definition) is 0. The van der Waals surface area contributed by atoms with Crippen LogP contribution in [-0.2, 0) is 10.3 Å². The van der Waals surface area contributed by atoms with Crippen molar-refractivity contribution in [3.63, 3.8) is 0 Å². The van der Waals surface area contributed by atoms with Crippen LogP contribution in [0.2, 0.25) is 0 Å². The standard InChI is InChI=1S/C17H23N5O2/c1-13(23)21(2)17(11-5-4-6-12-17)16-18-19-20-22(16)14-7-9-15(24-3)10-8-14/h7-10H,4-6,11-12H2,1-3H3. The molecule has 7 nitrogen and oxygen atoms in total. The monoisotopic (exact) mass is 329 g/mol. The highest BCUT2D eigenvalue weighted by molar-refractivity contribution is 5.74. The van der Waals surface area contributed by atoms with Gasteiger partial charge in [0.1, 0.15) is 11.3 Å². The molecule has 1 heterocycles. The Balaban J connectivity index is 2.06. The summed E-state index contributed by atoms with van der Waals surface area (Å²) in [7, 11) is 3.48. The van der Waals surface area contributed by atoms with Crippen LogP contribution in [0.3, 0.4) is 0 Å². The third kappa shape index (κ3) is 2.74. The van der Waals surface area contributed by atoms with E-state index >= 15 is 0 Å². The summed E-state index contributed by atoms with van der Waals surface area (Å²) in [5.41, 5.74) is 0.408. The first-order valence-electron chi connectivity index (χ1n) is 8.26. The van der Waals surface area contributed by atoms with E-state index in [0.717, 1.165) is 42.9 Å². The Kier molecular flexibility index (Phi) is 4.51. The lowest BCUT2D eigenvalue weighted by molar-refractivity contribution is -0.135. The Morgan fingerprint density at radius 2 is 1.88 bits per heavy atom. The lowest BCUT2D eigenvalue weighted by atomic mass is 9.79. The van der Waals surface area contributed by atoms with E-state index in [4.69, 9.17) is 4.74 Å². The SMILES string of the molecule is COc1ccc(-n2nnnc2C2(N(C)C(C)=O)CCCCC2)cc1. The number of ether oxygens (including phenoxy) is 1. The minimum absolute atomic E-state index is 0.0289. The second kappa shape index (κ2) is 6.59. The summed E-state index contributed by atoms with van der Waals surface area (Å²) in [4.78, 5) is 13.9. The van der Waals surface area contributed by atoms with Gasteiger partial charge in [0.25, 0.3) is 0 Å². The Bertz CT molecular complexity index is 704. The van der Waals surface area contributed by atoms with Gasteiger partial charge in [-0.3, -0.25) is 4.79 Å². The van der Waals surface area contributed by atoms with Gasteiger partial charge in [0, 0.05) is 14.0 Å². The summed E-state index contributed by atoms with van der Waals surface area (Å²) >= 11 is 0. The van der Waals surface area contributed by atoms with Crippen molar-refractivity contribution in [1.29, 1.82) is 0 Å². The maximum Gasteiger partial charge on any atom is 0.220 e. The lowest BCUT2D eigenvalue weighted by Crippen LogP contribution is -2.49. The van der Waals surface area contributed by atoms with Crippen LogP contribution in [0.1, 0.15) is 44.9 Å². The van der Waals surface area contributed by atoms with Crippen LogP contribution < -0.4 is 4.74 Å². The van der Waals surface area contributed by atoms with E-state index < -0.39 is 5.54 Å². The Morgan fingerprint density at radius 3 is 2.46 bits per heavy atom. The molecule has 1 aromatic heterocycles. The molecule has 7 heteroatoms. The highest BCUT2D eigenvalue weighted by atomic mass is 16.5. The molecule has 24 heavy (non-hydrogen) atoms. The van der Waals surface area contributed by atoms with Gasteiger partial charge >= 0.3 is 0 Å². The predicted octanol–water partition coefficient (Wildman–Crippen LogP) is 2.31. The third-order valence-electron chi connectivity index (χ3n) is 5.00. The lowest BCUT2D eigenvalue weighted by Gasteiger charge is -2.42. The number of methoxy groups -OCH3 is 1. The number of benzene rings is 1. The number of amides is 1. The van der Waals surface area contributed by atoms with Gasteiger partial charge in [-0.05, 0) is 47.5 Å². The number of aromatic nitrogens is 4. The second-order valence-electron chi connectivity index (χ2n) is 6.28. The fraction of sp³-hybridized carbons (Fsp3) is 0.529. The molecule has 0 unspecified atom stereocenters. The van der Waals surface area contributed by atoms with Gasteiger partial charge in [-0.15, -0.1) is 5.10 Å². The fourth-order valence-electron chi connectivity index (χ4n) is 3.52. The smallest absolute Gasteiger partial charge is 0.220 e. The van der Waals surface area contributed by atoms with E-state index in [9.17, 15) is 4.79 Å². The van der Waals surface area contributed by atoms with Crippen molar-refractivity contribution in [1.82, 2.24) is 25.1 Å². The molecule has 0 N–H and O–H groups in total. The summed E-state index contributed by atoms with van der Waals surface area (Å²) in [5, 5.41) is 12.4. The molecule has 1 saturated carbocycles. The van der Waals surface area contributed by atoms with E-state index in [1.54, 1.807) is 23.6 Å². The molecule has 1 aliphatic rings. The Morgan fingerprint density at radius 1 is 1.21 bits per heavy atom. The maximum absolute atomic E-state index is 12.1. The highest BCUT2D eigenvalue weighted by Crippen LogP contribution is 2.41. The zero-order chi connectivity index (χ0) is 17.2. The predicted molar refractivity (Wildman–Crippen MR) is 88.9 cm³/mol. The molecule has 0 radical (unpaired) electrons. The number of hydrogen-bond acceptors (Lipinski definition) is 5. The summed E-state index contributed by atoms with van der Waals surface area (Å²) in [6.45, 7) is 1.60. The molecule has 1 aromatic carbocycles. The number of nitrogens with zero attached hydrogens (tertiary/aromatic N) is 5. The Labute approximate surface area is 141 Å². The molecule has 0 atom stereocenters. The van der Waals surface area contributed by atoms with Crippen molar-refractivity contribution in [3.8, 4) is 11.4 Å². The van der Waals surface area contributed by atoms with Crippen LogP contribution in [0, 0.1) is 0 Å². The van der Waals surface area contributed by atoms with Gasteiger partial charge in [0.05, 0.1) is 12.8 Å². The second-order valence-corrected chi connectivity index (χ2v) is 6.28. The zero-order valence-corrected chi connectivity index (χ0v) is 14.4. The summed E-state index contributed by atoms with van der Waals surface area (Å²) in [5.74, 6) is 1.54. The third-order valence-corrected chi connectivity index (χ3v) is 5.00. The average Bonchev–Trinajstić information content (AvgIpc) is 3.12. The first-order chi connectivity index (χ1) is 11.6. The van der Waals surface area contributed by atoms with Crippen LogP contribution in [-0.4, -0.2) is 45.2 Å². The van der Waals surface area contributed by atoms with Crippen molar-refractivity contribution < 1.29 is 9.53 Å². The van der Waals surface area contributed by atoms with E-state index in [2.05, 4.69) is 15.5 Å². The first-order valence-corrected chi connectivity index (χ1v) is 8.26. The maximum atomic E-state index is 12.1. The highest BCUT2D eigenvalue weighted by Gasteiger charge is 2.43. The van der Waals surface area contributed by atoms with Gasteiger partial charge in [0.15, 0.2) is 5.82 Å². The molecule has 3 rings (SSSR count). The minimum Gasteiger partial charge on any atom is -0.497 e. The minimum atomic E-state index is -0.451. The van der Waals surface area contributed by atoms with Crippen molar-refractivity contribution in [2.45, 2.75) is 44.6 Å². The molecule has 0 spiro atoms. The van der Waals surface area contributed by atoms with Gasteiger partial charge in [0.2, 0.25) is 5.91 Å². The molecule has 1 aliphatic carbocycles. The number of tetrazole rings is 1. The van der Waals surface area contributed by atoms with Crippen molar-refractivity contribution in [2.75, 3.05) is 14.2 Å². The van der Waals surface area contributed by atoms with Crippen molar-refractivity contribution >= 4 is 5.91 Å². The molecule has 0 bridgehead atoms. The van der Waals surface area contributed by atoms with Gasteiger partial charge < -0.3 is 9.64 Å². The molecule has 2 aromatic rings. The molecular weight excluding hydrogens is 306 g/mol. The molecule has 0 saturated heterocycles. The summed E-state index contributed by atoms with van der Waals surface area (Å²) < 4.78 is 6.95. The average molecular weight is 329 g/mol. The van der Waals surface area contributed by atoms with Gasteiger partial charge in [-0.1, -0.05) is 19.3 Å². The van der Waals surface area contributed by atoms with E-state index in [0.29, 0.717) is 0 Å². The van der Waals surface area contributed by atoms with Crippen LogP contribution in [0.4, 0.5) is 0 Å². The quantitative estimate of drug-likeness (QED) is 0.860. The van der Waals surface area contributed by atoms with Gasteiger partial charge in [-0.25, -0.2) is 0 Å². The zero-order valence-electron chi connectivity index (χ0n) is 14.4. The largest absolute Gasteiger partial charge is 0.497 e. The van der Waals surface area contributed by atoms with E-state index in [-0.39, 0.29) is 5.91 Å². The van der Waals surface area contributed by atoms with E-state index in [1.165, 1.54) is 6.42 Å². The molecule has 1 fully saturated rings.